The average Bonchev–Trinajstić information content (AvgIpc) is 2.89. The molecule has 35 heavy (non-hydrogen) atoms. The lowest BCUT2D eigenvalue weighted by Crippen LogP contribution is -2.43. The fourth-order valence-electron chi connectivity index (χ4n) is 4.56. The number of carbonyl (C=O) groups is 1. The van der Waals surface area contributed by atoms with Crippen LogP contribution >= 0.6 is 0 Å². The first-order valence-electron chi connectivity index (χ1n) is 11.8. The molecule has 0 aromatic heterocycles. The Morgan fingerprint density at radius 1 is 0.886 bits per heavy atom. The van der Waals surface area contributed by atoms with E-state index in [0.717, 1.165) is 19.3 Å². The number of hydrogen-bond acceptors (Lipinski definition) is 6. The van der Waals surface area contributed by atoms with Gasteiger partial charge in [-0.1, -0.05) is 24.6 Å². The maximum Gasteiger partial charge on any atom is 0.246 e. The Bertz CT molecular complexity index is 1260. The maximum atomic E-state index is 13.3. The standard InChI is InChI=1S/C24H31N3O6S2/c1-33-22-13-12-20(17-23(22)35(31,32)26-14-6-3-7-15-26)25-24(28)19-9-8-16-27(18-19)34(29,30)21-10-4-2-5-11-21/h2,4-5,10-13,17,19H,3,6-9,14-16,18H2,1H3,(H,25,28)/t19-/m0/s1. The van der Waals surface area contributed by atoms with Crippen molar-refractivity contribution in [1.82, 2.24) is 8.61 Å². The molecule has 0 spiro atoms. The van der Waals surface area contributed by atoms with Gasteiger partial charge in [0, 0.05) is 31.9 Å². The van der Waals surface area contributed by atoms with Crippen LogP contribution in [0.25, 0.3) is 0 Å². The lowest BCUT2D eigenvalue weighted by atomic mass is 9.98. The molecule has 9 nitrogen and oxygen atoms in total. The predicted molar refractivity (Wildman–Crippen MR) is 132 cm³/mol. The van der Waals surface area contributed by atoms with Gasteiger partial charge in [0.1, 0.15) is 10.6 Å². The van der Waals surface area contributed by atoms with Crippen LogP contribution < -0.4 is 10.1 Å². The van der Waals surface area contributed by atoms with Crippen molar-refractivity contribution >= 4 is 31.6 Å². The summed E-state index contributed by atoms with van der Waals surface area (Å²) in [6.45, 7) is 1.33. The van der Waals surface area contributed by atoms with E-state index in [0.29, 0.717) is 38.2 Å². The monoisotopic (exact) mass is 521 g/mol. The molecule has 1 amide bonds. The summed E-state index contributed by atoms with van der Waals surface area (Å²) in [6, 6.07) is 12.7. The summed E-state index contributed by atoms with van der Waals surface area (Å²) in [5.41, 5.74) is 0.328. The number of amides is 1. The van der Waals surface area contributed by atoms with Gasteiger partial charge in [-0.15, -0.1) is 0 Å². The number of hydrogen-bond donors (Lipinski definition) is 1. The van der Waals surface area contributed by atoms with Crippen molar-refractivity contribution in [1.29, 1.82) is 0 Å². The van der Waals surface area contributed by atoms with Gasteiger partial charge in [-0.2, -0.15) is 8.61 Å². The lowest BCUT2D eigenvalue weighted by molar-refractivity contribution is -0.120. The molecule has 11 heteroatoms. The van der Waals surface area contributed by atoms with E-state index in [9.17, 15) is 21.6 Å². The fourth-order valence-corrected chi connectivity index (χ4v) is 7.80. The number of ether oxygens (including phenoxy) is 1. The van der Waals surface area contributed by atoms with Crippen LogP contribution in [0.1, 0.15) is 32.1 Å². The van der Waals surface area contributed by atoms with E-state index in [1.54, 1.807) is 36.4 Å². The van der Waals surface area contributed by atoms with Crippen LogP contribution in [0, 0.1) is 5.92 Å². The molecule has 0 bridgehead atoms. The van der Waals surface area contributed by atoms with Gasteiger partial charge < -0.3 is 10.1 Å². The molecule has 2 saturated heterocycles. The summed E-state index contributed by atoms with van der Waals surface area (Å²) in [5.74, 6) is -0.678. The van der Waals surface area contributed by atoms with Crippen molar-refractivity contribution in [3.63, 3.8) is 0 Å². The predicted octanol–water partition coefficient (Wildman–Crippen LogP) is 2.91. The van der Waals surface area contributed by atoms with Crippen LogP contribution in [-0.2, 0) is 24.8 Å². The Hall–Kier alpha value is -2.47. The van der Waals surface area contributed by atoms with Gasteiger partial charge in [-0.05, 0) is 56.0 Å². The first-order chi connectivity index (χ1) is 16.7. The van der Waals surface area contributed by atoms with Gasteiger partial charge in [0.2, 0.25) is 26.0 Å². The molecule has 0 radical (unpaired) electrons. The number of nitrogens with one attached hydrogen (secondary N) is 1. The highest BCUT2D eigenvalue weighted by molar-refractivity contribution is 7.89. The summed E-state index contributed by atoms with van der Waals surface area (Å²) in [5, 5.41) is 2.79. The van der Waals surface area contributed by atoms with Crippen LogP contribution in [-0.4, -0.2) is 64.6 Å². The van der Waals surface area contributed by atoms with E-state index < -0.39 is 26.0 Å². The zero-order valence-electron chi connectivity index (χ0n) is 19.7. The zero-order valence-corrected chi connectivity index (χ0v) is 21.4. The molecule has 1 N–H and O–H groups in total. The van der Waals surface area contributed by atoms with Crippen LogP contribution in [0.3, 0.4) is 0 Å². The highest BCUT2D eigenvalue weighted by Crippen LogP contribution is 2.32. The van der Waals surface area contributed by atoms with E-state index in [2.05, 4.69) is 5.32 Å². The molecular formula is C24H31N3O6S2. The first-order valence-corrected chi connectivity index (χ1v) is 14.7. The summed E-state index contributed by atoms with van der Waals surface area (Å²) in [6.07, 6.45) is 3.71. The molecule has 0 aliphatic carbocycles. The van der Waals surface area contributed by atoms with E-state index >= 15 is 0 Å². The second-order valence-electron chi connectivity index (χ2n) is 8.83. The van der Waals surface area contributed by atoms with Gasteiger partial charge in [0.05, 0.1) is 17.9 Å². The normalized spacial score (nSPS) is 20.3. The van der Waals surface area contributed by atoms with Crippen LogP contribution in [0.4, 0.5) is 5.69 Å². The van der Waals surface area contributed by atoms with Crippen molar-refractivity contribution in [2.75, 3.05) is 38.6 Å². The van der Waals surface area contributed by atoms with E-state index in [1.165, 1.54) is 27.9 Å². The number of nitrogens with zero attached hydrogens (tertiary/aromatic N) is 2. The van der Waals surface area contributed by atoms with Gasteiger partial charge in [0.25, 0.3) is 0 Å². The fraction of sp³-hybridized carbons (Fsp3) is 0.458. The van der Waals surface area contributed by atoms with Crippen LogP contribution in [0.2, 0.25) is 0 Å². The maximum absolute atomic E-state index is 13.3. The Morgan fingerprint density at radius 2 is 1.57 bits per heavy atom. The third kappa shape index (κ3) is 5.53. The van der Waals surface area contributed by atoms with Crippen molar-refractivity contribution < 1.29 is 26.4 Å². The van der Waals surface area contributed by atoms with Gasteiger partial charge in [0.15, 0.2) is 0 Å². The summed E-state index contributed by atoms with van der Waals surface area (Å²) < 4.78 is 60.6. The summed E-state index contributed by atoms with van der Waals surface area (Å²) in [7, 11) is -6.06. The number of benzene rings is 2. The Balaban J connectivity index is 1.51. The van der Waals surface area contributed by atoms with Crippen molar-refractivity contribution in [3.05, 3.63) is 48.5 Å². The molecule has 2 fully saturated rings. The molecule has 2 aromatic carbocycles. The lowest BCUT2D eigenvalue weighted by Gasteiger charge is -2.31. The molecule has 2 heterocycles. The molecule has 0 saturated carbocycles. The summed E-state index contributed by atoms with van der Waals surface area (Å²) >= 11 is 0. The van der Waals surface area contributed by atoms with Gasteiger partial charge in [-0.3, -0.25) is 4.79 Å². The SMILES string of the molecule is COc1ccc(NC(=O)[C@H]2CCCN(S(=O)(=O)c3ccccc3)C2)cc1S(=O)(=O)N1CCCCC1. The average molecular weight is 522 g/mol. The van der Waals surface area contributed by atoms with Gasteiger partial charge in [-0.25, -0.2) is 16.8 Å². The molecule has 1 atom stereocenters. The smallest absolute Gasteiger partial charge is 0.246 e. The van der Waals surface area contributed by atoms with Gasteiger partial charge >= 0.3 is 0 Å². The number of methoxy groups -OCH3 is 1. The third-order valence-corrected chi connectivity index (χ3v) is 10.3. The largest absolute Gasteiger partial charge is 0.495 e. The molecule has 0 unspecified atom stereocenters. The quantitative estimate of drug-likeness (QED) is 0.600. The molecule has 4 rings (SSSR count). The minimum Gasteiger partial charge on any atom is -0.495 e. The summed E-state index contributed by atoms with van der Waals surface area (Å²) in [4.78, 5) is 13.3. The Morgan fingerprint density at radius 3 is 2.26 bits per heavy atom. The second kappa shape index (κ2) is 10.7. The Kier molecular flexibility index (Phi) is 7.80. The minimum atomic E-state index is -3.78. The number of piperidine rings is 2. The zero-order chi connectivity index (χ0) is 25.1. The number of carbonyl (C=O) groups excluding carboxylic acids is 1. The number of anilines is 1. The highest BCUT2D eigenvalue weighted by atomic mass is 32.2. The van der Waals surface area contributed by atoms with Crippen molar-refractivity contribution in [2.24, 2.45) is 5.92 Å². The molecule has 2 aliphatic rings. The van der Waals surface area contributed by atoms with Crippen molar-refractivity contribution in [2.45, 2.75) is 41.9 Å². The van der Waals surface area contributed by atoms with Crippen LogP contribution in [0.15, 0.2) is 58.3 Å². The topological polar surface area (TPSA) is 113 Å². The molecule has 190 valence electrons. The highest BCUT2D eigenvalue weighted by Gasteiger charge is 2.34. The second-order valence-corrected chi connectivity index (χ2v) is 12.7. The van der Waals surface area contributed by atoms with Crippen molar-refractivity contribution in [3.8, 4) is 5.75 Å². The molecule has 2 aromatic rings. The van der Waals surface area contributed by atoms with E-state index in [4.69, 9.17) is 4.74 Å². The van der Waals surface area contributed by atoms with E-state index in [1.807, 2.05) is 0 Å². The first kappa shape index (κ1) is 25.6. The molecule has 2 aliphatic heterocycles. The van der Waals surface area contributed by atoms with Crippen LogP contribution in [0.5, 0.6) is 5.75 Å². The van der Waals surface area contributed by atoms with E-state index in [-0.39, 0.29) is 28.0 Å². The Labute approximate surface area is 207 Å². The molecular weight excluding hydrogens is 490 g/mol. The third-order valence-electron chi connectivity index (χ3n) is 6.50. The number of sulfonamides is 2. The minimum absolute atomic E-state index is 0.0108. The number of rotatable bonds is 7.